The predicted octanol–water partition coefficient (Wildman–Crippen LogP) is 1.47. The van der Waals surface area contributed by atoms with E-state index in [0.29, 0.717) is 30.3 Å². The average Bonchev–Trinajstić information content (AvgIpc) is 2.98. The predicted molar refractivity (Wildman–Crippen MR) is 90.0 cm³/mol. The first-order valence-corrected chi connectivity index (χ1v) is 9.16. The zero-order valence-electron chi connectivity index (χ0n) is 13.6. The van der Waals surface area contributed by atoms with E-state index in [0.717, 1.165) is 0 Å². The van der Waals surface area contributed by atoms with Crippen molar-refractivity contribution in [2.24, 2.45) is 0 Å². The first-order valence-electron chi connectivity index (χ1n) is 7.72. The Morgan fingerprint density at radius 2 is 2.17 bits per heavy atom. The number of nitrogen functional groups attached to an aromatic ring is 1. The summed E-state index contributed by atoms with van der Waals surface area (Å²) >= 11 is 0. The quantitative estimate of drug-likeness (QED) is 0.818. The van der Waals surface area contributed by atoms with Crippen LogP contribution >= 0.6 is 0 Å². The van der Waals surface area contributed by atoms with E-state index in [1.165, 1.54) is 10.5 Å². The summed E-state index contributed by atoms with van der Waals surface area (Å²) < 4.78 is 40.1. The molecular formula is C15H20N4O4S. The van der Waals surface area contributed by atoms with Gasteiger partial charge in [-0.2, -0.15) is 0 Å². The molecule has 0 saturated carbocycles. The molecule has 130 valence electrons. The summed E-state index contributed by atoms with van der Waals surface area (Å²) in [4.78, 5) is 0.0430. The highest BCUT2D eigenvalue weighted by molar-refractivity contribution is 7.93. The van der Waals surface area contributed by atoms with Crippen LogP contribution in [0.5, 0.6) is 11.6 Å². The molecule has 8 nitrogen and oxygen atoms in total. The van der Waals surface area contributed by atoms with Crippen molar-refractivity contribution in [2.45, 2.75) is 25.3 Å². The van der Waals surface area contributed by atoms with Crippen molar-refractivity contribution in [3.63, 3.8) is 0 Å². The van der Waals surface area contributed by atoms with Crippen LogP contribution in [0.4, 0.5) is 11.4 Å². The second-order valence-corrected chi connectivity index (χ2v) is 7.07. The fraction of sp³-hybridized carbons (Fsp3) is 0.400. The minimum absolute atomic E-state index is 0.0430. The zero-order chi connectivity index (χ0) is 17.3. The summed E-state index contributed by atoms with van der Waals surface area (Å²) in [6, 6.07) is 4.94. The summed E-state index contributed by atoms with van der Waals surface area (Å²) in [6.07, 6.45) is 1.49. The zero-order valence-corrected chi connectivity index (χ0v) is 14.4. The van der Waals surface area contributed by atoms with Gasteiger partial charge in [0.2, 0.25) is 0 Å². The monoisotopic (exact) mass is 352 g/mol. The lowest BCUT2D eigenvalue weighted by atomic mass is 10.2. The van der Waals surface area contributed by atoms with Crippen LogP contribution in [0.15, 0.2) is 29.3 Å². The van der Waals surface area contributed by atoms with E-state index in [1.54, 1.807) is 29.8 Å². The highest BCUT2D eigenvalue weighted by Crippen LogP contribution is 2.38. The van der Waals surface area contributed by atoms with Crippen molar-refractivity contribution in [1.82, 2.24) is 9.78 Å². The van der Waals surface area contributed by atoms with Gasteiger partial charge in [0, 0.05) is 18.4 Å². The number of nitrogens with two attached hydrogens (primary N) is 1. The lowest BCUT2D eigenvalue weighted by molar-refractivity contribution is 0.311. The average molecular weight is 352 g/mol. The molecule has 2 aromatic rings. The van der Waals surface area contributed by atoms with Gasteiger partial charge in [-0.05, 0) is 32.0 Å². The van der Waals surface area contributed by atoms with Crippen molar-refractivity contribution in [3.8, 4) is 11.6 Å². The van der Waals surface area contributed by atoms with Crippen LogP contribution in [0.25, 0.3) is 0 Å². The first kappa shape index (κ1) is 16.4. The van der Waals surface area contributed by atoms with E-state index >= 15 is 0 Å². The standard InChI is InChI=1S/C15H20N4O4S/c1-3-18-10-14(15(17-18)22-4-2)24(20,21)19-7-8-23-13-6-5-11(16)9-12(13)19/h5-6,9-10H,3-4,7-8,16H2,1-2H3. The van der Waals surface area contributed by atoms with Gasteiger partial charge in [-0.15, -0.1) is 5.10 Å². The Balaban J connectivity index is 2.10. The number of hydrogen-bond acceptors (Lipinski definition) is 6. The molecule has 0 fully saturated rings. The Labute approximate surface area is 140 Å². The topological polar surface area (TPSA) is 99.7 Å². The molecule has 0 atom stereocenters. The number of benzene rings is 1. The molecule has 0 aliphatic carbocycles. The highest BCUT2D eigenvalue weighted by Gasteiger charge is 2.34. The Hall–Kier alpha value is -2.42. The number of nitrogens with zero attached hydrogens (tertiary/aromatic N) is 3. The third-order valence-electron chi connectivity index (χ3n) is 3.67. The summed E-state index contributed by atoms with van der Waals surface area (Å²) in [5.74, 6) is 0.594. The summed E-state index contributed by atoms with van der Waals surface area (Å²) in [6.45, 7) is 5.00. The van der Waals surface area contributed by atoms with Crippen LogP contribution in [0.2, 0.25) is 0 Å². The number of hydrogen-bond donors (Lipinski definition) is 1. The lowest BCUT2D eigenvalue weighted by Gasteiger charge is -2.30. The Bertz CT molecular complexity index is 847. The molecule has 3 rings (SSSR count). The number of ether oxygens (including phenoxy) is 2. The van der Waals surface area contributed by atoms with Gasteiger partial charge in [-0.3, -0.25) is 8.99 Å². The SMILES string of the molecule is CCOc1nn(CC)cc1S(=O)(=O)N1CCOc2ccc(N)cc21. The van der Waals surface area contributed by atoms with Crippen molar-refractivity contribution in [3.05, 3.63) is 24.4 Å². The van der Waals surface area contributed by atoms with Crippen molar-refractivity contribution in [2.75, 3.05) is 29.8 Å². The van der Waals surface area contributed by atoms with Crippen molar-refractivity contribution < 1.29 is 17.9 Å². The minimum atomic E-state index is -3.84. The molecule has 0 radical (unpaired) electrons. The minimum Gasteiger partial charge on any atom is -0.489 e. The Morgan fingerprint density at radius 1 is 1.38 bits per heavy atom. The number of aromatic nitrogens is 2. The number of anilines is 2. The molecule has 0 saturated heterocycles. The smallest absolute Gasteiger partial charge is 0.271 e. The van der Waals surface area contributed by atoms with Gasteiger partial charge in [0.15, 0.2) is 4.90 Å². The molecule has 0 unspecified atom stereocenters. The Morgan fingerprint density at radius 3 is 2.88 bits per heavy atom. The van der Waals surface area contributed by atoms with Gasteiger partial charge in [0.1, 0.15) is 12.4 Å². The molecule has 2 N–H and O–H groups in total. The fourth-order valence-corrected chi connectivity index (χ4v) is 4.07. The molecular weight excluding hydrogens is 332 g/mol. The molecule has 1 aromatic carbocycles. The maximum absolute atomic E-state index is 13.2. The van der Waals surface area contributed by atoms with E-state index in [9.17, 15) is 8.42 Å². The van der Waals surface area contributed by atoms with E-state index in [-0.39, 0.29) is 23.9 Å². The van der Waals surface area contributed by atoms with Crippen molar-refractivity contribution in [1.29, 1.82) is 0 Å². The van der Waals surface area contributed by atoms with Crippen LogP contribution in [0, 0.1) is 0 Å². The number of rotatable bonds is 5. The molecule has 0 amide bonds. The number of fused-ring (bicyclic) bond motifs is 1. The van der Waals surface area contributed by atoms with Crippen LogP contribution in [0.1, 0.15) is 13.8 Å². The molecule has 1 aliphatic rings. The molecule has 0 bridgehead atoms. The second-order valence-electron chi connectivity index (χ2n) is 5.24. The van der Waals surface area contributed by atoms with E-state index < -0.39 is 10.0 Å². The highest BCUT2D eigenvalue weighted by atomic mass is 32.2. The van der Waals surface area contributed by atoms with Crippen LogP contribution < -0.4 is 19.5 Å². The molecule has 9 heteroatoms. The third-order valence-corrected chi connectivity index (χ3v) is 5.47. The maximum atomic E-state index is 13.2. The normalized spacial score (nSPS) is 14.2. The summed E-state index contributed by atoms with van der Waals surface area (Å²) in [5, 5.41) is 4.19. The molecule has 2 heterocycles. The van der Waals surface area contributed by atoms with Gasteiger partial charge >= 0.3 is 0 Å². The fourth-order valence-electron chi connectivity index (χ4n) is 2.54. The molecule has 1 aromatic heterocycles. The van der Waals surface area contributed by atoms with Crippen LogP contribution in [-0.4, -0.2) is 38.0 Å². The van der Waals surface area contributed by atoms with E-state index in [1.807, 2.05) is 6.92 Å². The van der Waals surface area contributed by atoms with Gasteiger partial charge in [0.25, 0.3) is 15.9 Å². The maximum Gasteiger partial charge on any atom is 0.271 e. The molecule has 1 aliphatic heterocycles. The molecule has 0 spiro atoms. The van der Waals surface area contributed by atoms with Gasteiger partial charge in [-0.25, -0.2) is 8.42 Å². The Kier molecular flexibility index (Phi) is 4.27. The number of aryl methyl sites for hydroxylation is 1. The third kappa shape index (κ3) is 2.75. The van der Waals surface area contributed by atoms with Crippen molar-refractivity contribution >= 4 is 21.4 Å². The van der Waals surface area contributed by atoms with Crippen LogP contribution in [0.3, 0.4) is 0 Å². The van der Waals surface area contributed by atoms with E-state index in [2.05, 4.69) is 5.10 Å². The summed E-state index contributed by atoms with van der Waals surface area (Å²) in [7, 11) is -3.84. The first-order chi connectivity index (χ1) is 11.5. The lowest BCUT2D eigenvalue weighted by Crippen LogP contribution is -2.38. The van der Waals surface area contributed by atoms with Gasteiger partial charge < -0.3 is 15.2 Å². The second kappa shape index (κ2) is 6.23. The van der Waals surface area contributed by atoms with Crippen LogP contribution in [-0.2, 0) is 16.6 Å². The molecule has 24 heavy (non-hydrogen) atoms. The van der Waals surface area contributed by atoms with E-state index in [4.69, 9.17) is 15.2 Å². The number of sulfonamides is 1. The van der Waals surface area contributed by atoms with Gasteiger partial charge in [-0.1, -0.05) is 0 Å². The largest absolute Gasteiger partial charge is 0.489 e. The van der Waals surface area contributed by atoms with Gasteiger partial charge in [0.05, 0.1) is 18.8 Å². The summed E-state index contributed by atoms with van der Waals surface area (Å²) in [5.41, 5.74) is 6.70.